The standard InChI is InChI=1S/C56H109NO5/c1-3-5-7-9-11-13-29-34-38-42-46-50-56(61)62-51-47-43-39-35-31-28-26-24-22-20-18-16-15-17-19-21-23-25-27-30-33-37-41-45-49-55(60)57-53(52-58)54(59)48-44-40-36-32-14-12-10-8-6-4-2/h17,19,53-54,58-59H,3-16,18,20-52H2,1-2H3,(H,57,60)/b19-17-. The van der Waals surface area contributed by atoms with Crippen molar-refractivity contribution < 1.29 is 24.5 Å². The van der Waals surface area contributed by atoms with Crippen molar-refractivity contribution in [2.24, 2.45) is 0 Å². The molecule has 368 valence electrons. The highest BCUT2D eigenvalue weighted by atomic mass is 16.5. The fourth-order valence-corrected chi connectivity index (χ4v) is 8.75. The van der Waals surface area contributed by atoms with Gasteiger partial charge < -0.3 is 20.3 Å². The molecule has 3 N–H and O–H groups in total. The first-order valence-corrected chi connectivity index (χ1v) is 27.9. The van der Waals surface area contributed by atoms with E-state index in [0.717, 1.165) is 38.5 Å². The van der Waals surface area contributed by atoms with Gasteiger partial charge in [0.25, 0.3) is 0 Å². The van der Waals surface area contributed by atoms with E-state index in [9.17, 15) is 19.8 Å². The van der Waals surface area contributed by atoms with E-state index in [1.54, 1.807) is 0 Å². The molecular weight excluding hydrogens is 767 g/mol. The summed E-state index contributed by atoms with van der Waals surface area (Å²) in [6, 6.07) is -0.542. The van der Waals surface area contributed by atoms with Crippen LogP contribution in [0.2, 0.25) is 0 Å². The number of aliphatic hydroxyl groups is 2. The minimum Gasteiger partial charge on any atom is -0.466 e. The number of aliphatic hydroxyl groups excluding tert-OH is 2. The Morgan fingerprint density at radius 1 is 0.435 bits per heavy atom. The zero-order chi connectivity index (χ0) is 45.1. The first kappa shape index (κ1) is 60.6. The Hall–Kier alpha value is -1.40. The third kappa shape index (κ3) is 48.1. The van der Waals surface area contributed by atoms with E-state index in [0.29, 0.717) is 25.9 Å². The molecule has 2 unspecified atom stereocenters. The molecule has 0 aromatic heterocycles. The Labute approximate surface area is 387 Å². The minimum atomic E-state index is -0.664. The highest BCUT2D eigenvalue weighted by molar-refractivity contribution is 5.76. The van der Waals surface area contributed by atoms with Gasteiger partial charge >= 0.3 is 5.97 Å². The van der Waals surface area contributed by atoms with Crippen molar-refractivity contribution in [2.45, 2.75) is 321 Å². The summed E-state index contributed by atoms with van der Waals surface area (Å²) in [6.07, 6.45) is 60.7. The van der Waals surface area contributed by atoms with Gasteiger partial charge in [-0.1, -0.05) is 257 Å². The van der Waals surface area contributed by atoms with Crippen LogP contribution in [0.5, 0.6) is 0 Å². The van der Waals surface area contributed by atoms with Gasteiger partial charge in [0.2, 0.25) is 5.91 Å². The number of allylic oxidation sites excluding steroid dienone is 2. The van der Waals surface area contributed by atoms with Crippen molar-refractivity contribution in [3.05, 3.63) is 12.2 Å². The molecule has 1 amide bonds. The van der Waals surface area contributed by atoms with Crippen molar-refractivity contribution in [1.82, 2.24) is 5.32 Å². The second-order valence-corrected chi connectivity index (χ2v) is 19.3. The van der Waals surface area contributed by atoms with E-state index in [1.807, 2.05) is 0 Å². The smallest absolute Gasteiger partial charge is 0.305 e. The second kappa shape index (κ2) is 52.2. The number of nitrogens with one attached hydrogen (secondary N) is 1. The molecule has 0 aliphatic carbocycles. The molecule has 0 spiro atoms. The summed E-state index contributed by atoms with van der Waals surface area (Å²) >= 11 is 0. The SMILES string of the molecule is CCCCCCCCCCCCCC(=O)OCCCCCCCCCCCCCC/C=C\CCCCCCCCCCC(=O)NC(CO)C(O)CCCCCCCCCCCC. The number of ether oxygens (including phenoxy) is 1. The molecule has 62 heavy (non-hydrogen) atoms. The average Bonchev–Trinajstić information content (AvgIpc) is 3.27. The Morgan fingerprint density at radius 3 is 1.15 bits per heavy atom. The summed E-state index contributed by atoms with van der Waals surface area (Å²) in [5, 5.41) is 23.1. The lowest BCUT2D eigenvalue weighted by atomic mass is 10.0. The zero-order valence-electron chi connectivity index (χ0n) is 41.9. The van der Waals surface area contributed by atoms with E-state index in [-0.39, 0.29) is 18.5 Å². The summed E-state index contributed by atoms with van der Waals surface area (Å²) in [5.41, 5.74) is 0. The summed E-state index contributed by atoms with van der Waals surface area (Å²) in [6.45, 7) is 4.94. The van der Waals surface area contributed by atoms with Crippen molar-refractivity contribution in [3.8, 4) is 0 Å². The molecule has 6 heteroatoms. The maximum absolute atomic E-state index is 12.4. The Bertz CT molecular complexity index is 924. The number of esters is 1. The maximum atomic E-state index is 12.4. The van der Waals surface area contributed by atoms with Crippen LogP contribution in [0.15, 0.2) is 12.2 Å². The molecule has 0 rings (SSSR count). The third-order valence-electron chi connectivity index (χ3n) is 13.1. The van der Waals surface area contributed by atoms with Gasteiger partial charge in [-0.3, -0.25) is 9.59 Å². The van der Waals surface area contributed by atoms with Crippen molar-refractivity contribution in [3.63, 3.8) is 0 Å². The Morgan fingerprint density at radius 2 is 0.758 bits per heavy atom. The number of rotatable bonds is 52. The van der Waals surface area contributed by atoms with Crippen LogP contribution in [0.25, 0.3) is 0 Å². The summed E-state index contributed by atoms with van der Waals surface area (Å²) < 4.78 is 5.46. The fraction of sp³-hybridized carbons (Fsp3) is 0.929. The molecule has 0 aromatic carbocycles. The van der Waals surface area contributed by atoms with E-state index in [2.05, 4.69) is 31.3 Å². The predicted molar refractivity (Wildman–Crippen MR) is 269 cm³/mol. The van der Waals surface area contributed by atoms with E-state index >= 15 is 0 Å². The Balaban J connectivity index is 3.38. The minimum absolute atomic E-state index is 0.0123. The van der Waals surface area contributed by atoms with Gasteiger partial charge in [-0.05, 0) is 51.4 Å². The lowest BCUT2D eigenvalue weighted by molar-refractivity contribution is -0.143. The van der Waals surface area contributed by atoms with Crippen LogP contribution in [0.1, 0.15) is 309 Å². The zero-order valence-corrected chi connectivity index (χ0v) is 41.9. The Kier molecular flexibility index (Phi) is 51.0. The van der Waals surface area contributed by atoms with Crippen molar-refractivity contribution in [2.75, 3.05) is 13.2 Å². The van der Waals surface area contributed by atoms with Gasteiger partial charge in [-0.2, -0.15) is 0 Å². The largest absolute Gasteiger partial charge is 0.466 e. The quantitative estimate of drug-likeness (QED) is 0.0321. The van der Waals surface area contributed by atoms with Crippen LogP contribution in [-0.2, 0) is 14.3 Å². The first-order chi connectivity index (χ1) is 30.5. The van der Waals surface area contributed by atoms with E-state index in [4.69, 9.17) is 4.74 Å². The lowest BCUT2D eigenvalue weighted by Crippen LogP contribution is -2.45. The lowest BCUT2D eigenvalue weighted by Gasteiger charge is -2.22. The second-order valence-electron chi connectivity index (χ2n) is 19.3. The van der Waals surface area contributed by atoms with Gasteiger partial charge in [0.15, 0.2) is 0 Å². The van der Waals surface area contributed by atoms with Gasteiger partial charge in [0.05, 0.1) is 25.4 Å². The maximum Gasteiger partial charge on any atom is 0.305 e. The number of carbonyl (C=O) groups excluding carboxylic acids is 2. The number of unbranched alkanes of at least 4 members (excludes halogenated alkanes) is 39. The molecular formula is C56H109NO5. The molecule has 0 bridgehead atoms. The molecule has 0 aliphatic heterocycles. The van der Waals surface area contributed by atoms with Crippen molar-refractivity contribution >= 4 is 11.9 Å². The number of amides is 1. The third-order valence-corrected chi connectivity index (χ3v) is 13.1. The molecule has 0 aliphatic rings. The summed E-state index contributed by atoms with van der Waals surface area (Å²) in [7, 11) is 0. The number of carbonyl (C=O) groups is 2. The average molecular weight is 876 g/mol. The molecule has 0 fully saturated rings. The van der Waals surface area contributed by atoms with E-state index < -0.39 is 12.1 Å². The van der Waals surface area contributed by atoms with Gasteiger partial charge in [0, 0.05) is 12.8 Å². The molecule has 0 heterocycles. The predicted octanol–water partition coefficient (Wildman–Crippen LogP) is 16.9. The van der Waals surface area contributed by atoms with Gasteiger partial charge in [-0.15, -0.1) is 0 Å². The number of hydrogen-bond acceptors (Lipinski definition) is 5. The van der Waals surface area contributed by atoms with Crippen LogP contribution in [-0.4, -0.2) is 47.4 Å². The van der Waals surface area contributed by atoms with Crippen molar-refractivity contribution in [1.29, 1.82) is 0 Å². The summed E-state index contributed by atoms with van der Waals surface area (Å²) in [4.78, 5) is 24.4. The molecule has 0 saturated heterocycles. The van der Waals surface area contributed by atoms with Crippen LogP contribution in [0, 0.1) is 0 Å². The molecule has 6 nitrogen and oxygen atoms in total. The highest BCUT2D eigenvalue weighted by Crippen LogP contribution is 2.17. The van der Waals surface area contributed by atoms with Crippen LogP contribution >= 0.6 is 0 Å². The fourth-order valence-electron chi connectivity index (χ4n) is 8.75. The molecule has 2 atom stereocenters. The molecule has 0 radical (unpaired) electrons. The number of hydrogen-bond donors (Lipinski definition) is 3. The highest BCUT2D eigenvalue weighted by Gasteiger charge is 2.20. The molecule has 0 aromatic rings. The monoisotopic (exact) mass is 876 g/mol. The first-order valence-electron chi connectivity index (χ1n) is 27.9. The van der Waals surface area contributed by atoms with Crippen LogP contribution in [0.3, 0.4) is 0 Å². The molecule has 0 saturated carbocycles. The normalized spacial score (nSPS) is 12.6. The van der Waals surface area contributed by atoms with Gasteiger partial charge in [-0.25, -0.2) is 0 Å². The topological polar surface area (TPSA) is 95.9 Å². The summed E-state index contributed by atoms with van der Waals surface area (Å²) in [5.74, 6) is -0.0281. The van der Waals surface area contributed by atoms with E-state index in [1.165, 1.54) is 238 Å². The van der Waals surface area contributed by atoms with Gasteiger partial charge in [0.1, 0.15) is 0 Å². The van der Waals surface area contributed by atoms with Crippen LogP contribution in [0.4, 0.5) is 0 Å². The van der Waals surface area contributed by atoms with Crippen LogP contribution < -0.4 is 5.32 Å².